The van der Waals surface area contributed by atoms with Crippen LogP contribution in [0.25, 0.3) is 0 Å². The summed E-state index contributed by atoms with van der Waals surface area (Å²) in [5.41, 5.74) is 0. The Balaban J connectivity index is 2.58. The number of carboxylic acids is 1. The van der Waals surface area contributed by atoms with Crippen molar-refractivity contribution in [2.75, 3.05) is 0 Å². The van der Waals surface area contributed by atoms with Gasteiger partial charge in [-0.05, 0) is 34.3 Å². The first-order valence-corrected chi connectivity index (χ1v) is 6.73. The fraction of sp³-hybridized carbons (Fsp3) is 0.500. The second-order valence-corrected chi connectivity index (χ2v) is 6.53. The zero-order valence-corrected chi connectivity index (χ0v) is 11.8. The normalized spacial score (nSPS) is 14.8. The van der Waals surface area contributed by atoms with Crippen molar-refractivity contribution < 1.29 is 15.0 Å². The number of thiophene rings is 1. The maximum atomic E-state index is 10.5. The molecule has 1 heterocycles. The summed E-state index contributed by atoms with van der Waals surface area (Å²) in [4.78, 5) is 11.2. The average Bonchev–Trinajstić information content (AvgIpc) is 2.45. The van der Waals surface area contributed by atoms with Gasteiger partial charge in [0, 0.05) is 11.3 Å². The third-order valence-corrected chi connectivity index (χ3v) is 4.72. The third-order valence-electron chi connectivity index (χ3n) is 2.14. The molecule has 2 N–H and O–H groups in total. The highest BCUT2D eigenvalue weighted by atomic mass is 79.9. The van der Waals surface area contributed by atoms with E-state index in [2.05, 4.69) is 15.9 Å². The number of carboxylic acid groups (broad SMARTS) is 1. The van der Waals surface area contributed by atoms with Gasteiger partial charge >= 0.3 is 5.97 Å². The Kier molecular flexibility index (Phi) is 5.24. The van der Waals surface area contributed by atoms with E-state index < -0.39 is 12.1 Å². The quantitative estimate of drug-likeness (QED) is 0.867. The van der Waals surface area contributed by atoms with Crippen LogP contribution in [0.4, 0.5) is 0 Å². The molecule has 6 heteroatoms. The molecule has 0 bridgehead atoms. The number of aliphatic hydroxyl groups excluding tert-OH is 1. The summed E-state index contributed by atoms with van der Waals surface area (Å²) in [7, 11) is 0. The highest BCUT2D eigenvalue weighted by Gasteiger charge is 2.17. The highest BCUT2D eigenvalue weighted by molar-refractivity contribution is 9.11. The van der Waals surface area contributed by atoms with E-state index in [0.29, 0.717) is 11.4 Å². The zero-order valence-electron chi connectivity index (χ0n) is 8.61. The van der Waals surface area contributed by atoms with Crippen LogP contribution in [0.5, 0.6) is 0 Å². The number of hydrogen-bond acceptors (Lipinski definition) is 3. The molecule has 0 amide bonds. The topological polar surface area (TPSA) is 57.5 Å². The van der Waals surface area contributed by atoms with Crippen molar-refractivity contribution in [3.63, 3.8) is 0 Å². The predicted molar refractivity (Wildman–Crippen MR) is 68.0 cm³/mol. The van der Waals surface area contributed by atoms with Gasteiger partial charge in [-0.15, -0.1) is 11.3 Å². The maximum Gasteiger partial charge on any atom is 0.303 e. The first-order valence-electron chi connectivity index (χ1n) is 4.74. The van der Waals surface area contributed by atoms with E-state index in [1.54, 1.807) is 6.07 Å². The number of aliphatic hydroxyl groups is 1. The molecule has 16 heavy (non-hydrogen) atoms. The minimum Gasteiger partial charge on any atom is -0.481 e. The van der Waals surface area contributed by atoms with E-state index in [1.165, 1.54) is 11.3 Å². The standard InChI is InChI=1S/C10H12BrClO3S/c1-5(3-9(14)15)2-7(13)8-4-6(12)10(11)16-8/h4-5,7,13H,2-3H2,1H3,(H,14,15). The molecule has 0 aliphatic carbocycles. The van der Waals surface area contributed by atoms with Crippen LogP contribution in [-0.4, -0.2) is 16.2 Å². The van der Waals surface area contributed by atoms with Crippen molar-refractivity contribution >= 4 is 44.8 Å². The number of carbonyl (C=O) groups is 1. The Morgan fingerprint density at radius 1 is 1.69 bits per heavy atom. The zero-order chi connectivity index (χ0) is 12.3. The molecule has 1 aromatic rings. The molecule has 1 aromatic heterocycles. The summed E-state index contributed by atoms with van der Waals surface area (Å²) >= 11 is 10.5. The fourth-order valence-electron chi connectivity index (χ4n) is 1.41. The minimum absolute atomic E-state index is 0.0628. The SMILES string of the molecule is CC(CC(=O)O)CC(O)c1cc(Cl)c(Br)s1. The molecule has 1 rings (SSSR count). The highest BCUT2D eigenvalue weighted by Crippen LogP contribution is 2.37. The van der Waals surface area contributed by atoms with Gasteiger partial charge in [-0.2, -0.15) is 0 Å². The number of aliphatic carboxylic acids is 1. The molecule has 3 nitrogen and oxygen atoms in total. The molecule has 2 unspecified atom stereocenters. The molecule has 0 aromatic carbocycles. The number of halogens is 2. The molecule has 90 valence electrons. The lowest BCUT2D eigenvalue weighted by Gasteiger charge is -2.13. The lowest BCUT2D eigenvalue weighted by Crippen LogP contribution is -2.08. The molecule has 0 saturated carbocycles. The summed E-state index contributed by atoms with van der Waals surface area (Å²) < 4.78 is 0.786. The van der Waals surface area contributed by atoms with Gasteiger partial charge in [-0.3, -0.25) is 4.79 Å². The molecule has 0 aliphatic rings. The van der Waals surface area contributed by atoms with E-state index >= 15 is 0 Å². The van der Waals surface area contributed by atoms with Crippen molar-refractivity contribution in [3.05, 3.63) is 19.8 Å². The first kappa shape index (κ1) is 14.0. The fourth-order valence-corrected chi connectivity index (χ4v) is 3.15. The second kappa shape index (κ2) is 6.00. The molecule has 0 saturated heterocycles. The lowest BCUT2D eigenvalue weighted by molar-refractivity contribution is -0.138. The molecule has 0 radical (unpaired) electrons. The molecule has 0 fully saturated rings. The Morgan fingerprint density at radius 2 is 2.31 bits per heavy atom. The molecule has 2 atom stereocenters. The van der Waals surface area contributed by atoms with E-state index in [0.717, 1.165) is 8.66 Å². The van der Waals surface area contributed by atoms with Gasteiger partial charge in [0.15, 0.2) is 0 Å². The molecule has 0 aliphatic heterocycles. The molecular formula is C10H12BrClO3S. The van der Waals surface area contributed by atoms with E-state index in [9.17, 15) is 9.90 Å². The minimum atomic E-state index is -0.843. The van der Waals surface area contributed by atoms with Gasteiger partial charge in [0.05, 0.1) is 14.9 Å². The summed E-state index contributed by atoms with van der Waals surface area (Å²) in [6, 6.07) is 1.70. The van der Waals surface area contributed by atoms with Crippen LogP contribution in [0, 0.1) is 5.92 Å². The monoisotopic (exact) mass is 326 g/mol. The maximum absolute atomic E-state index is 10.5. The van der Waals surface area contributed by atoms with Gasteiger partial charge in [0.25, 0.3) is 0 Å². The van der Waals surface area contributed by atoms with Gasteiger partial charge in [-0.1, -0.05) is 18.5 Å². The van der Waals surface area contributed by atoms with Crippen LogP contribution in [-0.2, 0) is 4.79 Å². The van der Waals surface area contributed by atoms with Crippen LogP contribution in [0.1, 0.15) is 30.7 Å². The number of rotatable bonds is 5. The lowest BCUT2D eigenvalue weighted by atomic mass is 9.99. The largest absolute Gasteiger partial charge is 0.481 e. The Bertz CT molecular complexity index is 361. The van der Waals surface area contributed by atoms with E-state index in [1.807, 2.05) is 6.92 Å². The first-order chi connectivity index (χ1) is 7.40. The smallest absolute Gasteiger partial charge is 0.303 e. The van der Waals surface area contributed by atoms with Crippen molar-refractivity contribution in [2.24, 2.45) is 5.92 Å². The van der Waals surface area contributed by atoms with Crippen LogP contribution < -0.4 is 0 Å². The van der Waals surface area contributed by atoms with Gasteiger partial charge in [-0.25, -0.2) is 0 Å². The predicted octanol–water partition coefficient (Wildman–Crippen LogP) is 3.70. The molecule has 0 spiro atoms. The van der Waals surface area contributed by atoms with Crippen LogP contribution in [0.3, 0.4) is 0 Å². The van der Waals surface area contributed by atoms with Crippen LogP contribution >= 0.6 is 38.9 Å². The van der Waals surface area contributed by atoms with Crippen molar-refractivity contribution in [2.45, 2.75) is 25.9 Å². The van der Waals surface area contributed by atoms with Gasteiger partial charge in [0.1, 0.15) is 0 Å². The summed E-state index contributed by atoms with van der Waals surface area (Å²) in [5.74, 6) is -0.905. The average molecular weight is 328 g/mol. The van der Waals surface area contributed by atoms with Crippen molar-refractivity contribution in [3.8, 4) is 0 Å². The van der Waals surface area contributed by atoms with Crippen molar-refractivity contribution in [1.82, 2.24) is 0 Å². The summed E-state index contributed by atoms with van der Waals surface area (Å²) in [5, 5.41) is 19.1. The Morgan fingerprint density at radius 3 is 2.75 bits per heavy atom. The molecular weight excluding hydrogens is 316 g/mol. The Labute approximate surface area is 111 Å². The second-order valence-electron chi connectivity index (χ2n) is 3.72. The van der Waals surface area contributed by atoms with E-state index in [-0.39, 0.29) is 12.3 Å². The van der Waals surface area contributed by atoms with Gasteiger partial charge in [0.2, 0.25) is 0 Å². The summed E-state index contributed by atoms with van der Waals surface area (Å²) in [6.45, 7) is 1.81. The van der Waals surface area contributed by atoms with Crippen LogP contribution in [0.15, 0.2) is 9.85 Å². The van der Waals surface area contributed by atoms with Crippen LogP contribution in [0.2, 0.25) is 5.02 Å². The van der Waals surface area contributed by atoms with E-state index in [4.69, 9.17) is 16.7 Å². The van der Waals surface area contributed by atoms with Crippen molar-refractivity contribution in [1.29, 1.82) is 0 Å². The third kappa shape index (κ3) is 4.05. The number of hydrogen-bond donors (Lipinski definition) is 2. The van der Waals surface area contributed by atoms with Gasteiger partial charge < -0.3 is 10.2 Å². The summed E-state index contributed by atoms with van der Waals surface area (Å²) in [6.07, 6.45) is -0.157. The Hall–Kier alpha value is -0.100.